The maximum atomic E-state index is 13.0. The van der Waals surface area contributed by atoms with Gasteiger partial charge in [0.2, 0.25) is 0 Å². The summed E-state index contributed by atoms with van der Waals surface area (Å²) in [7, 11) is 2.14. The maximum absolute atomic E-state index is 13.0. The van der Waals surface area contributed by atoms with Gasteiger partial charge in [-0.2, -0.15) is 0 Å². The lowest BCUT2D eigenvalue weighted by Crippen LogP contribution is -2.47. The molecule has 0 aliphatic carbocycles. The number of nitrogens with one attached hydrogen (secondary N) is 2. The van der Waals surface area contributed by atoms with Crippen LogP contribution in [0.4, 0.5) is 0 Å². The molecule has 2 aromatic rings. The lowest BCUT2D eigenvalue weighted by atomic mass is 10.0. The first-order chi connectivity index (χ1) is 14.7. The number of likely N-dealkylation sites (N-methyl/N-ethyl adjacent to an activating group) is 1. The molecular formula is C25H34N4O2. The van der Waals surface area contributed by atoms with E-state index >= 15 is 0 Å². The van der Waals surface area contributed by atoms with Crippen LogP contribution < -0.4 is 10.6 Å². The molecule has 1 heterocycles. The minimum Gasteiger partial charge on any atom is -0.347 e. The third-order valence-corrected chi connectivity index (χ3v) is 5.44. The summed E-state index contributed by atoms with van der Waals surface area (Å²) in [6.07, 6.45) is 0. The zero-order valence-electron chi connectivity index (χ0n) is 19.0. The number of benzene rings is 2. The Morgan fingerprint density at radius 2 is 1.42 bits per heavy atom. The van der Waals surface area contributed by atoms with Crippen molar-refractivity contribution in [2.75, 3.05) is 39.8 Å². The van der Waals surface area contributed by atoms with E-state index in [2.05, 4.69) is 39.6 Å². The van der Waals surface area contributed by atoms with E-state index in [0.29, 0.717) is 11.1 Å². The van der Waals surface area contributed by atoms with Gasteiger partial charge in [-0.05, 0) is 57.6 Å². The second kappa shape index (κ2) is 10.1. The SMILES string of the molecule is CN1CCN(CC(NC(=O)c2ccc(C(=O)NC(C)(C)C)cc2)c2ccccc2)CC1. The maximum Gasteiger partial charge on any atom is 0.251 e. The standard InChI is InChI=1S/C25H34N4O2/c1-25(2,3)27-24(31)21-12-10-20(11-13-21)23(30)26-22(19-8-6-5-7-9-19)18-29-16-14-28(4)15-17-29/h5-13,22H,14-18H2,1-4H3,(H,26,30)(H,27,31). The normalized spacial score (nSPS) is 16.5. The average Bonchev–Trinajstić information content (AvgIpc) is 2.74. The van der Waals surface area contributed by atoms with Crippen LogP contribution in [0.5, 0.6) is 0 Å². The Balaban J connectivity index is 1.69. The highest BCUT2D eigenvalue weighted by atomic mass is 16.2. The van der Waals surface area contributed by atoms with Crippen LogP contribution in [0.25, 0.3) is 0 Å². The van der Waals surface area contributed by atoms with E-state index in [1.165, 1.54) is 0 Å². The Morgan fingerprint density at radius 3 is 1.97 bits per heavy atom. The number of carbonyl (C=O) groups excluding carboxylic acids is 2. The number of nitrogens with zero attached hydrogens (tertiary/aromatic N) is 2. The largest absolute Gasteiger partial charge is 0.347 e. The highest BCUT2D eigenvalue weighted by molar-refractivity contribution is 5.98. The van der Waals surface area contributed by atoms with Crippen LogP contribution in [-0.2, 0) is 0 Å². The Morgan fingerprint density at radius 1 is 0.871 bits per heavy atom. The summed E-state index contributed by atoms with van der Waals surface area (Å²) >= 11 is 0. The van der Waals surface area contributed by atoms with Crippen molar-refractivity contribution in [1.29, 1.82) is 0 Å². The molecular weight excluding hydrogens is 388 g/mol. The van der Waals surface area contributed by atoms with Gasteiger partial charge in [-0.15, -0.1) is 0 Å². The van der Waals surface area contributed by atoms with Crippen molar-refractivity contribution < 1.29 is 9.59 Å². The van der Waals surface area contributed by atoms with Gasteiger partial charge in [0.15, 0.2) is 0 Å². The third kappa shape index (κ3) is 6.91. The van der Waals surface area contributed by atoms with E-state index in [-0.39, 0.29) is 23.4 Å². The second-order valence-corrected chi connectivity index (χ2v) is 9.32. The molecule has 0 aromatic heterocycles. The van der Waals surface area contributed by atoms with Gasteiger partial charge in [0.25, 0.3) is 11.8 Å². The zero-order valence-corrected chi connectivity index (χ0v) is 19.0. The monoisotopic (exact) mass is 422 g/mol. The van der Waals surface area contributed by atoms with Gasteiger partial charge in [-0.1, -0.05) is 30.3 Å². The first-order valence-electron chi connectivity index (χ1n) is 10.9. The average molecular weight is 423 g/mol. The van der Waals surface area contributed by atoms with Crippen LogP contribution >= 0.6 is 0 Å². The molecule has 0 radical (unpaired) electrons. The van der Waals surface area contributed by atoms with E-state index in [1.807, 2.05) is 39.0 Å². The molecule has 3 rings (SSSR count). The molecule has 1 saturated heterocycles. The predicted molar refractivity (Wildman–Crippen MR) is 124 cm³/mol. The molecule has 31 heavy (non-hydrogen) atoms. The van der Waals surface area contributed by atoms with Crippen molar-refractivity contribution in [1.82, 2.24) is 20.4 Å². The molecule has 0 spiro atoms. The summed E-state index contributed by atoms with van der Waals surface area (Å²) in [5.74, 6) is -0.276. The van der Waals surface area contributed by atoms with Crippen molar-refractivity contribution in [2.45, 2.75) is 32.4 Å². The van der Waals surface area contributed by atoms with Gasteiger partial charge < -0.3 is 15.5 Å². The van der Waals surface area contributed by atoms with Gasteiger partial charge in [0.1, 0.15) is 0 Å². The fourth-order valence-electron chi connectivity index (χ4n) is 3.64. The van der Waals surface area contributed by atoms with Crippen molar-refractivity contribution >= 4 is 11.8 Å². The smallest absolute Gasteiger partial charge is 0.251 e. The number of piperazine rings is 1. The number of rotatable bonds is 6. The van der Waals surface area contributed by atoms with Crippen LogP contribution in [0.15, 0.2) is 54.6 Å². The predicted octanol–water partition coefficient (Wildman–Crippen LogP) is 2.93. The molecule has 2 N–H and O–H groups in total. The van der Waals surface area contributed by atoms with Crippen molar-refractivity contribution in [3.63, 3.8) is 0 Å². The summed E-state index contributed by atoms with van der Waals surface area (Å²) in [5.41, 5.74) is 1.88. The van der Waals surface area contributed by atoms with Gasteiger partial charge in [-0.3, -0.25) is 14.5 Å². The number of amides is 2. The molecule has 6 heteroatoms. The highest BCUT2D eigenvalue weighted by Crippen LogP contribution is 2.17. The molecule has 1 fully saturated rings. The Labute approximate surface area is 185 Å². The lowest BCUT2D eigenvalue weighted by molar-refractivity contribution is 0.0899. The Bertz CT molecular complexity index is 867. The quantitative estimate of drug-likeness (QED) is 0.751. The third-order valence-electron chi connectivity index (χ3n) is 5.44. The molecule has 166 valence electrons. The molecule has 2 amide bonds. The Kier molecular flexibility index (Phi) is 7.46. The number of hydrogen-bond donors (Lipinski definition) is 2. The van der Waals surface area contributed by atoms with Crippen LogP contribution in [-0.4, -0.2) is 66.9 Å². The topological polar surface area (TPSA) is 64.7 Å². The van der Waals surface area contributed by atoms with E-state index in [0.717, 1.165) is 38.3 Å². The summed E-state index contributed by atoms with van der Waals surface area (Å²) in [6.45, 7) is 10.7. The number of carbonyl (C=O) groups is 2. The first kappa shape index (κ1) is 23.0. The second-order valence-electron chi connectivity index (χ2n) is 9.32. The van der Waals surface area contributed by atoms with Gasteiger partial charge in [-0.25, -0.2) is 0 Å². The lowest BCUT2D eigenvalue weighted by Gasteiger charge is -2.35. The van der Waals surface area contributed by atoms with Crippen molar-refractivity contribution in [3.8, 4) is 0 Å². The fourth-order valence-corrected chi connectivity index (χ4v) is 3.64. The first-order valence-corrected chi connectivity index (χ1v) is 10.9. The van der Waals surface area contributed by atoms with Crippen LogP contribution in [0.2, 0.25) is 0 Å². The molecule has 2 aromatic carbocycles. The molecule has 1 aliphatic heterocycles. The number of hydrogen-bond acceptors (Lipinski definition) is 4. The van der Waals surface area contributed by atoms with E-state index < -0.39 is 0 Å². The molecule has 1 atom stereocenters. The van der Waals surface area contributed by atoms with Gasteiger partial charge in [0.05, 0.1) is 6.04 Å². The van der Waals surface area contributed by atoms with E-state index in [1.54, 1.807) is 24.3 Å². The van der Waals surface area contributed by atoms with Gasteiger partial charge >= 0.3 is 0 Å². The molecule has 1 aliphatic rings. The minimum atomic E-state index is -0.306. The fraction of sp³-hybridized carbons (Fsp3) is 0.440. The molecule has 6 nitrogen and oxygen atoms in total. The zero-order chi connectivity index (χ0) is 22.4. The molecule has 1 unspecified atom stereocenters. The van der Waals surface area contributed by atoms with Crippen molar-refractivity contribution in [2.24, 2.45) is 0 Å². The summed E-state index contributed by atoms with van der Waals surface area (Å²) < 4.78 is 0. The van der Waals surface area contributed by atoms with E-state index in [9.17, 15) is 9.59 Å². The minimum absolute atomic E-state index is 0.0963. The Hall–Kier alpha value is -2.70. The molecule has 0 bridgehead atoms. The summed E-state index contributed by atoms with van der Waals surface area (Å²) in [6, 6.07) is 16.8. The van der Waals surface area contributed by atoms with Crippen LogP contribution in [0.1, 0.15) is 53.1 Å². The van der Waals surface area contributed by atoms with Crippen LogP contribution in [0.3, 0.4) is 0 Å². The van der Waals surface area contributed by atoms with Crippen molar-refractivity contribution in [3.05, 3.63) is 71.3 Å². The summed E-state index contributed by atoms with van der Waals surface area (Å²) in [5, 5.41) is 6.14. The summed E-state index contributed by atoms with van der Waals surface area (Å²) in [4.78, 5) is 30.0. The van der Waals surface area contributed by atoms with Crippen LogP contribution in [0, 0.1) is 0 Å². The van der Waals surface area contributed by atoms with E-state index in [4.69, 9.17) is 0 Å². The highest BCUT2D eigenvalue weighted by Gasteiger charge is 2.22. The van der Waals surface area contributed by atoms with Gasteiger partial charge in [0, 0.05) is 49.4 Å². The molecule has 0 saturated carbocycles.